The number of nitrogens with zero attached hydrogens (tertiary/aromatic N) is 2. The van der Waals surface area contributed by atoms with E-state index in [4.69, 9.17) is 0 Å². The number of carbonyl (C=O) groups excluding carboxylic acids is 2. The second-order valence-electron chi connectivity index (χ2n) is 8.07. The summed E-state index contributed by atoms with van der Waals surface area (Å²) in [5, 5.41) is 27.2. The van der Waals surface area contributed by atoms with Crippen LogP contribution in [0.4, 0.5) is 11.4 Å². The Kier molecular flexibility index (Phi) is 12.0. The Balaban J connectivity index is 1.49. The summed E-state index contributed by atoms with van der Waals surface area (Å²) < 4.78 is 0. The Morgan fingerprint density at radius 1 is 0.667 bits per heavy atom. The zero-order chi connectivity index (χ0) is 26.2. The van der Waals surface area contributed by atoms with Crippen LogP contribution in [0, 0.1) is 20.2 Å². The van der Waals surface area contributed by atoms with E-state index in [1.54, 1.807) is 36.4 Å². The molecule has 2 aromatic rings. The van der Waals surface area contributed by atoms with Crippen LogP contribution in [0.15, 0.2) is 60.7 Å². The first-order valence-corrected chi connectivity index (χ1v) is 11.8. The van der Waals surface area contributed by atoms with E-state index in [2.05, 4.69) is 10.6 Å². The number of hydrogen-bond donors (Lipinski definition) is 2. The van der Waals surface area contributed by atoms with Gasteiger partial charge < -0.3 is 10.6 Å². The van der Waals surface area contributed by atoms with Gasteiger partial charge in [0.1, 0.15) is 0 Å². The lowest BCUT2D eigenvalue weighted by molar-refractivity contribution is -0.385. The van der Waals surface area contributed by atoms with Crippen molar-refractivity contribution in [1.82, 2.24) is 10.6 Å². The van der Waals surface area contributed by atoms with Crippen LogP contribution in [0.2, 0.25) is 0 Å². The second-order valence-corrected chi connectivity index (χ2v) is 8.07. The number of nitrogens with one attached hydrogen (secondary N) is 2. The molecule has 0 atom stereocenters. The number of unbranched alkanes of at least 4 members (excludes halogenated alkanes) is 5. The van der Waals surface area contributed by atoms with Crippen molar-refractivity contribution < 1.29 is 19.4 Å². The first-order chi connectivity index (χ1) is 17.3. The molecule has 10 nitrogen and oxygen atoms in total. The zero-order valence-corrected chi connectivity index (χ0v) is 19.9. The summed E-state index contributed by atoms with van der Waals surface area (Å²) in [6.07, 6.45) is 11.6. The first kappa shape index (κ1) is 27.9. The smallest absolute Gasteiger partial charge is 0.270 e. The van der Waals surface area contributed by atoms with Gasteiger partial charge in [-0.1, -0.05) is 49.9 Å². The SMILES string of the molecule is O=C(/C=C/c1cccc([N+](=O)[O-])c1)NCCCCCCCCNC(=O)/C=C/c1cccc([N+](=O)[O-])c1. The number of non-ortho nitro benzene ring substituents is 2. The maximum absolute atomic E-state index is 11.9. The van der Waals surface area contributed by atoms with Gasteiger partial charge in [-0.25, -0.2) is 0 Å². The van der Waals surface area contributed by atoms with E-state index in [9.17, 15) is 29.8 Å². The summed E-state index contributed by atoms with van der Waals surface area (Å²) in [4.78, 5) is 44.3. The van der Waals surface area contributed by atoms with E-state index in [1.807, 2.05) is 0 Å². The molecule has 0 aliphatic rings. The van der Waals surface area contributed by atoms with Crippen LogP contribution >= 0.6 is 0 Å². The minimum Gasteiger partial charge on any atom is -0.353 e. The van der Waals surface area contributed by atoms with Gasteiger partial charge in [-0.15, -0.1) is 0 Å². The fourth-order valence-electron chi connectivity index (χ4n) is 3.33. The minimum atomic E-state index is -0.476. The van der Waals surface area contributed by atoms with Gasteiger partial charge in [0.25, 0.3) is 11.4 Å². The Labute approximate surface area is 209 Å². The lowest BCUT2D eigenvalue weighted by atomic mass is 10.1. The number of amides is 2. The van der Waals surface area contributed by atoms with Gasteiger partial charge in [0, 0.05) is 49.5 Å². The van der Waals surface area contributed by atoms with Crippen LogP contribution in [0.5, 0.6) is 0 Å². The molecule has 2 rings (SSSR count). The van der Waals surface area contributed by atoms with Crippen LogP contribution in [0.1, 0.15) is 49.7 Å². The standard InChI is InChI=1S/C26H30N4O6/c31-25(15-13-21-9-7-11-23(19-21)29(33)34)27-17-5-3-1-2-4-6-18-28-26(32)16-14-22-10-8-12-24(20-22)30(35)36/h7-16,19-20H,1-6,17-18H2,(H,27,31)(H,28,32)/b15-13+,16-14+. The van der Waals surface area contributed by atoms with E-state index in [-0.39, 0.29) is 23.2 Å². The third-order valence-electron chi connectivity index (χ3n) is 5.22. The number of nitro groups is 2. The van der Waals surface area contributed by atoms with Gasteiger partial charge in [0.15, 0.2) is 0 Å². The highest BCUT2D eigenvalue weighted by Gasteiger charge is 2.05. The lowest BCUT2D eigenvalue weighted by Crippen LogP contribution is -2.22. The Hall–Kier alpha value is -4.34. The molecule has 0 fully saturated rings. The maximum Gasteiger partial charge on any atom is 0.270 e. The van der Waals surface area contributed by atoms with Crippen LogP contribution in [0.25, 0.3) is 12.2 Å². The van der Waals surface area contributed by atoms with Crippen molar-refractivity contribution in [1.29, 1.82) is 0 Å². The predicted molar refractivity (Wildman–Crippen MR) is 138 cm³/mol. The molecule has 0 aliphatic heterocycles. The number of hydrogen-bond acceptors (Lipinski definition) is 6. The van der Waals surface area contributed by atoms with Gasteiger partial charge >= 0.3 is 0 Å². The average Bonchev–Trinajstić information content (AvgIpc) is 2.87. The molecule has 0 spiro atoms. The number of carbonyl (C=O) groups is 2. The highest BCUT2D eigenvalue weighted by atomic mass is 16.6. The Bertz CT molecular complexity index is 1030. The van der Waals surface area contributed by atoms with Gasteiger partial charge in [0.05, 0.1) is 9.85 Å². The normalized spacial score (nSPS) is 11.0. The molecule has 0 aromatic heterocycles. The van der Waals surface area contributed by atoms with Crippen molar-refractivity contribution in [2.45, 2.75) is 38.5 Å². The highest BCUT2D eigenvalue weighted by Crippen LogP contribution is 2.15. The molecule has 2 aromatic carbocycles. The minimum absolute atomic E-state index is 0.0186. The summed E-state index contributed by atoms with van der Waals surface area (Å²) in [6.45, 7) is 1.12. The van der Waals surface area contributed by atoms with Crippen LogP contribution in [0.3, 0.4) is 0 Å². The topological polar surface area (TPSA) is 144 Å². The predicted octanol–water partition coefficient (Wildman–Crippen LogP) is 4.80. The zero-order valence-electron chi connectivity index (χ0n) is 19.9. The summed E-state index contributed by atoms with van der Waals surface area (Å²) in [6, 6.07) is 12.2. The molecule has 0 unspecified atom stereocenters. The molecule has 10 heteroatoms. The average molecular weight is 495 g/mol. The molecular weight excluding hydrogens is 464 g/mol. The molecular formula is C26H30N4O6. The second kappa shape index (κ2) is 15.5. The first-order valence-electron chi connectivity index (χ1n) is 11.8. The van der Waals surface area contributed by atoms with E-state index >= 15 is 0 Å². The van der Waals surface area contributed by atoms with Gasteiger partial charge in [-0.2, -0.15) is 0 Å². The third kappa shape index (κ3) is 11.2. The number of benzene rings is 2. The van der Waals surface area contributed by atoms with Crippen LogP contribution in [-0.4, -0.2) is 34.8 Å². The molecule has 2 N–H and O–H groups in total. The van der Waals surface area contributed by atoms with E-state index in [0.29, 0.717) is 24.2 Å². The summed E-state index contributed by atoms with van der Waals surface area (Å²) in [7, 11) is 0. The van der Waals surface area contributed by atoms with Crippen molar-refractivity contribution in [3.05, 3.63) is 92.0 Å². The third-order valence-corrected chi connectivity index (χ3v) is 5.22. The van der Waals surface area contributed by atoms with E-state index in [1.165, 1.54) is 36.4 Å². The van der Waals surface area contributed by atoms with E-state index in [0.717, 1.165) is 38.5 Å². The molecule has 36 heavy (non-hydrogen) atoms. The summed E-state index contributed by atoms with van der Waals surface area (Å²) in [5.74, 6) is -0.478. The fourth-order valence-corrected chi connectivity index (χ4v) is 3.33. The van der Waals surface area contributed by atoms with Gasteiger partial charge in [-0.05, 0) is 36.1 Å². The Morgan fingerprint density at radius 3 is 1.44 bits per heavy atom. The van der Waals surface area contributed by atoms with Gasteiger partial charge in [-0.3, -0.25) is 29.8 Å². The maximum atomic E-state index is 11.9. The monoisotopic (exact) mass is 494 g/mol. The number of rotatable bonds is 15. The molecule has 0 saturated heterocycles. The number of nitro benzene ring substituents is 2. The van der Waals surface area contributed by atoms with Crippen LogP contribution in [-0.2, 0) is 9.59 Å². The van der Waals surface area contributed by atoms with Crippen molar-refractivity contribution in [2.75, 3.05) is 13.1 Å². The highest BCUT2D eigenvalue weighted by molar-refractivity contribution is 5.92. The van der Waals surface area contributed by atoms with Crippen LogP contribution < -0.4 is 10.6 Å². The van der Waals surface area contributed by atoms with Crippen molar-refractivity contribution in [3.63, 3.8) is 0 Å². The summed E-state index contributed by atoms with van der Waals surface area (Å²) >= 11 is 0. The molecule has 0 aliphatic carbocycles. The molecule has 0 bridgehead atoms. The van der Waals surface area contributed by atoms with Gasteiger partial charge in [0.2, 0.25) is 11.8 Å². The molecule has 2 amide bonds. The van der Waals surface area contributed by atoms with Crippen molar-refractivity contribution in [3.8, 4) is 0 Å². The molecule has 0 heterocycles. The Morgan fingerprint density at radius 2 is 1.06 bits per heavy atom. The van der Waals surface area contributed by atoms with Crippen molar-refractivity contribution >= 4 is 35.3 Å². The fraction of sp³-hybridized carbons (Fsp3) is 0.308. The quantitative estimate of drug-likeness (QED) is 0.157. The molecule has 0 saturated carbocycles. The van der Waals surface area contributed by atoms with E-state index < -0.39 is 9.85 Å². The lowest BCUT2D eigenvalue weighted by Gasteiger charge is -2.04. The van der Waals surface area contributed by atoms with Crippen molar-refractivity contribution in [2.24, 2.45) is 0 Å². The summed E-state index contributed by atoms with van der Waals surface area (Å²) in [5.41, 5.74) is 1.15. The molecule has 190 valence electrons. The largest absolute Gasteiger partial charge is 0.353 e. The molecule has 0 radical (unpaired) electrons.